The molecule has 4 nitrogen and oxygen atoms in total. The third-order valence-corrected chi connectivity index (χ3v) is 1.37. The maximum Gasteiger partial charge on any atom is 0.0700 e. The second-order valence-corrected chi connectivity index (χ2v) is 2.48. The van der Waals surface area contributed by atoms with Crippen LogP contribution in [0.25, 0.3) is 0 Å². The summed E-state index contributed by atoms with van der Waals surface area (Å²) in [6, 6.07) is 2.00. The molecule has 0 spiro atoms. The summed E-state index contributed by atoms with van der Waals surface area (Å²) in [6.07, 6.45) is 1.36. The molecule has 13 heavy (non-hydrogen) atoms. The molecule has 0 saturated carbocycles. The average Bonchev–Trinajstić information content (AvgIpc) is 2.16. The number of nitriles is 1. The van der Waals surface area contributed by atoms with Crippen LogP contribution in [0.4, 0.5) is 0 Å². The normalized spacial score (nSPS) is 9.85. The fourth-order valence-corrected chi connectivity index (χ4v) is 0.745. The summed E-state index contributed by atoms with van der Waals surface area (Å²) in [4.78, 5) is 0. The zero-order chi connectivity index (χ0) is 9.78. The number of hydrogen-bond donors (Lipinski definition) is 0. The number of hydrogen-bond acceptors (Lipinski definition) is 4. The lowest BCUT2D eigenvalue weighted by atomic mass is 10.5. The van der Waals surface area contributed by atoms with E-state index in [1.165, 1.54) is 0 Å². The molecule has 4 heteroatoms. The van der Waals surface area contributed by atoms with E-state index in [2.05, 4.69) is 0 Å². The summed E-state index contributed by atoms with van der Waals surface area (Å²) in [6.45, 7) is 3.09. The van der Waals surface area contributed by atoms with Crippen molar-refractivity contribution in [1.82, 2.24) is 0 Å². The molecule has 0 fully saturated rings. The summed E-state index contributed by atoms with van der Waals surface area (Å²) >= 11 is 0. The van der Waals surface area contributed by atoms with Crippen LogP contribution in [0, 0.1) is 11.3 Å². The van der Waals surface area contributed by atoms with Crippen molar-refractivity contribution in [3.63, 3.8) is 0 Å². The van der Waals surface area contributed by atoms with Crippen LogP contribution in [-0.4, -0.2) is 40.1 Å². The van der Waals surface area contributed by atoms with Gasteiger partial charge in [0, 0.05) is 20.3 Å². The second-order valence-electron chi connectivity index (χ2n) is 2.48. The predicted molar refractivity (Wildman–Crippen MR) is 48.4 cm³/mol. The van der Waals surface area contributed by atoms with E-state index in [4.69, 9.17) is 19.5 Å². The fraction of sp³-hybridized carbons (Fsp3) is 0.889. The molecule has 0 unspecified atom stereocenters. The molecule has 0 aliphatic heterocycles. The zero-order valence-corrected chi connectivity index (χ0v) is 8.12. The first-order valence-electron chi connectivity index (χ1n) is 4.43. The quantitative estimate of drug-likeness (QED) is 0.505. The number of methoxy groups -OCH3 is 1. The molecule has 0 saturated heterocycles. The van der Waals surface area contributed by atoms with Gasteiger partial charge in [-0.05, 0) is 6.42 Å². The van der Waals surface area contributed by atoms with Crippen molar-refractivity contribution in [3.05, 3.63) is 0 Å². The van der Waals surface area contributed by atoms with Gasteiger partial charge in [-0.3, -0.25) is 0 Å². The molecule has 0 rings (SSSR count). The molecule has 0 aromatic rings. The van der Waals surface area contributed by atoms with Crippen molar-refractivity contribution in [2.24, 2.45) is 0 Å². The van der Waals surface area contributed by atoms with Crippen molar-refractivity contribution in [2.45, 2.75) is 12.8 Å². The van der Waals surface area contributed by atoms with Gasteiger partial charge in [-0.1, -0.05) is 0 Å². The van der Waals surface area contributed by atoms with E-state index in [1.807, 2.05) is 6.07 Å². The molecule has 0 atom stereocenters. The van der Waals surface area contributed by atoms with Gasteiger partial charge in [0.25, 0.3) is 0 Å². The molecule has 0 aromatic carbocycles. The van der Waals surface area contributed by atoms with Crippen molar-refractivity contribution in [1.29, 1.82) is 5.26 Å². The van der Waals surface area contributed by atoms with Gasteiger partial charge in [0.2, 0.25) is 0 Å². The van der Waals surface area contributed by atoms with Gasteiger partial charge >= 0.3 is 0 Å². The van der Waals surface area contributed by atoms with E-state index in [-0.39, 0.29) is 0 Å². The predicted octanol–water partition coefficient (Wildman–Crippen LogP) is 0.970. The first-order chi connectivity index (χ1) is 6.41. The summed E-state index contributed by atoms with van der Waals surface area (Å²) in [5, 5.41) is 8.19. The van der Waals surface area contributed by atoms with Crippen LogP contribution in [-0.2, 0) is 14.2 Å². The highest BCUT2D eigenvalue weighted by atomic mass is 16.5. The Bertz CT molecular complexity index is 133. The monoisotopic (exact) mass is 187 g/mol. The highest BCUT2D eigenvalue weighted by Gasteiger charge is 1.89. The largest absolute Gasteiger partial charge is 0.385 e. The van der Waals surface area contributed by atoms with Gasteiger partial charge in [-0.25, -0.2) is 0 Å². The van der Waals surface area contributed by atoms with E-state index in [0.29, 0.717) is 32.8 Å². The summed E-state index contributed by atoms with van der Waals surface area (Å²) < 4.78 is 15.2. The molecule has 76 valence electrons. The van der Waals surface area contributed by atoms with Gasteiger partial charge in [-0.15, -0.1) is 0 Å². The molecule has 0 bridgehead atoms. The Labute approximate surface area is 79.4 Å². The maximum atomic E-state index is 8.19. The van der Waals surface area contributed by atoms with Gasteiger partial charge in [0.1, 0.15) is 0 Å². The maximum absolute atomic E-state index is 8.19. The Morgan fingerprint density at radius 1 is 1.00 bits per heavy atom. The third-order valence-electron chi connectivity index (χ3n) is 1.37. The summed E-state index contributed by atoms with van der Waals surface area (Å²) in [5.41, 5.74) is 0. The van der Waals surface area contributed by atoms with Crippen LogP contribution in [0.15, 0.2) is 0 Å². The van der Waals surface area contributed by atoms with Crippen molar-refractivity contribution in [3.8, 4) is 6.07 Å². The van der Waals surface area contributed by atoms with Gasteiger partial charge < -0.3 is 14.2 Å². The Morgan fingerprint density at radius 3 is 2.31 bits per heavy atom. The van der Waals surface area contributed by atoms with Crippen LogP contribution in [0.1, 0.15) is 12.8 Å². The molecule has 0 aromatic heterocycles. The van der Waals surface area contributed by atoms with E-state index in [9.17, 15) is 0 Å². The van der Waals surface area contributed by atoms with E-state index < -0.39 is 0 Å². The minimum Gasteiger partial charge on any atom is -0.385 e. The van der Waals surface area contributed by atoms with Crippen LogP contribution in [0.5, 0.6) is 0 Å². The Kier molecular flexibility index (Phi) is 10.8. The third kappa shape index (κ3) is 11.4. The number of nitrogens with zero attached hydrogens (tertiary/aromatic N) is 1. The van der Waals surface area contributed by atoms with Crippen LogP contribution in [0.2, 0.25) is 0 Å². The molecule has 0 radical (unpaired) electrons. The van der Waals surface area contributed by atoms with E-state index in [0.717, 1.165) is 13.0 Å². The van der Waals surface area contributed by atoms with Crippen molar-refractivity contribution >= 4 is 0 Å². The molecular weight excluding hydrogens is 170 g/mol. The smallest absolute Gasteiger partial charge is 0.0700 e. The van der Waals surface area contributed by atoms with Crippen LogP contribution >= 0.6 is 0 Å². The SMILES string of the molecule is COCCCOCCOCCC#N. The highest BCUT2D eigenvalue weighted by molar-refractivity contribution is 4.66. The van der Waals surface area contributed by atoms with Gasteiger partial charge in [-0.2, -0.15) is 5.26 Å². The first-order valence-corrected chi connectivity index (χ1v) is 4.43. The Hall–Kier alpha value is -0.630. The molecular formula is C9H17NO3. The van der Waals surface area contributed by atoms with E-state index >= 15 is 0 Å². The van der Waals surface area contributed by atoms with Gasteiger partial charge in [0.15, 0.2) is 0 Å². The van der Waals surface area contributed by atoms with Crippen molar-refractivity contribution in [2.75, 3.05) is 40.1 Å². The second kappa shape index (κ2) is 11.4. The molecule has 0 aliphatic rings. The Morgan fingerprint density at radius 2 is 1.69 bits per heavy atom. The van der Waals surface area contributed by atoms with Crippen molar-refractivity contribution < 1.29 is 14.2 Å². The van der Waals surface area contributed by atoms with Crippen LogP contribution in [0.3, 0.4) is 0 Å². The summed E-state index contributed by atoms with van der Waals surface area (Å²) in [5.74, 6) is 0. The first kappa shape index (κ1) is 12.4. The van der Waals surface area contributed by atoms with Gasteiger partial charge in [0.05, 0.1) is 32.3 Å². The molecule has 0 aliphatic carbocycles. The summed E-state index contributed by atoms with van der Waals surface area (Å²) in [7, 11) is 1.67. The fourth-order valence-electron chi connectivity index (χ4n) is 0.745. The highest BCUT2D eigenvalue weighted by Crippen LogP contribution is 1.85. The molecule has 0 amide bonds. The standard InChI is InChI=1S/C9H17NO3/c1-11-5-3-7-13-9-8-12-6-2-4-10/h2-3,5-9H2,1H3. The lowest BCUT2D eigenvalue weighted by Crippen LogP contribution is -2.07. The zero-order valence-electron chi connectivity index (χ0n) is 8.12. The minimum atomic E-state index is 0.448. The lowest BCUT2D eigenvalue weighted by molar-refractivity contribution is 0.0416. The lowest BCUT2D eigenvalue weighted by Gasteiger charge is -2.03. The van der Waals surface area contributed by atoms with Crippen LogP contribution < -0.4 is 0 Å². The molecule has 0 N–H and O–H groups in total. The molecule has 0 heterocycles. The number of rotatable bonds is 9. The van der Waals surface area contributed by atoms with E-state index in [1.54, 1.807) is 7.11 Å². The topological polar surface area (TPSA) is 51.5 Å². The average molecular weight is 187 g/mol. The minimum absolute atomic E-state index is 0.448. The number of ether oxygens (including phenoxy) is 3. The Balaban J connectivity index is 2.80.